The van der Waals surface area contributed by atoms with Crippen molar-refractivity contribution in [3.8, 4) is 0 Å². The molecular formula is C15H16ClN3S. The van der Waals surface area contributed by atoms with E-state index in [1.165, 1.54) is 5.56 Å². The lowest BCUT2D eigenvalue weighted by Crippen LogP contribution is -2.09. The fraction of sp³-hybridized carbons (Fsp3) is 0.333. The van der Waals surface area contributed by atoms with Crippen molar-refractivity contribution in [1.29, 1.82) is 0 Å². The van der Waals surface area contributed by atoms with Crippen molar-refractivity contribution in [1.82, 2.24) is 14.5 Å². The average Bonchev–Trinajstić information content (AvgIpc) is 3.07. The Labute approximate surface area is 127 Å². The predicted molar refractivity (Wildman–Crippen MR) is 84.6 cm³/mol. The van der Waals surface area contributed by atoms with Crippen LogP contribution >= 0.6 is 22.9 Å². The van der Waals surface area contributed by atoms with Gasteiger partial charge in [-0.15, -0.1) is 22.9 Å². The maximum absolute atomic E-state index is 6.06. The molecule has 1 unspecified atom stereocenters. The summed E-state index contributed by atoms with van der Waals surface area (Å²) in [4.78, 5) is 9.02. The molecule has 104 valence electrons. The third kappa shape index (κ3) is 2.45. The van der Waals surface area contributed by atoms with Crippen LogP contribution in [0.5, 0.6) is 0 Å². The Bertz CT molecular complexity index is 718. The number of benzene rings is 1. The third-order valence-electron chi connectivity index (χ3n) is 3.43. The Morgan fingerprint density at radius 3 is 2.95 bits per heavy atom. The summed E-state index contributed by atoms with van der Waals surface area (Å²) in [5.41, 5.74) is 3.41. The zero-order chi connectivity index (χ0) is 14.1. The van der Waals surface area contributed by atoms with Gasteiger partial charge in [-0.2, -0.15) is 0 Å². The van der Waals surface area contributed by atoms with E-state index < -0.39 is 0 Å². The Kier molecular flexibility index (Phi) is 3.76. The molecule has 0 spiro atoms. The highest BCUT2D eigenvalue weighted by Gasteiger charge is 2.15. The molecule has 20 heavy (non-hydrogen) atoms. The quantitative estimate of drug-likeness (QED) is 0.671. The molecule has 0 saturated heterocycles. The SMILES string of the molecule is Cc1ccc2nc(CCl)n(CC(C)c3nccs3)c2c1. The smallest absolute Gasteiger partial charge is 0.124 e. The molecule has 0 N–H and O–H groups in total. The fourth-order valence-corrected chi connectivity index (χ4v) is 3.31. The summed E-state index contributed by atoms with van der Waals surface area (Å²) >= 11 is 7.75. The first-order valence-corrected chi connectivity index (χ1v) is 8.01. The van der Waals surface area contributed by atoms with E-state index in [2.05, 4.69) is 46.6 Å². The van der Waals surface area contributed by atoms with Gasteiger partial charge in [0.25, 0.3) is 0 Å². The predicted octanol–water partition coefficient (Wildman–Crippen LogP) is 4.34. The number of thiazole rings is 1. The summed E-state index contributed by atoms with van der Waals surface area (Å²) in [5.74, 6) is 1.71. The Morgan fingerprint density at radius 1 is 1.40 bits per heavy atom. The molecular weight excluding hydrogens is 290 g/mol. The van der Waals surface area contributed by atoms with E-state index in [-0.39, 0.29) is 0 Å². The monoisotopic (exact) mass is 305 g/mol. The summed E-state index contributed by atoms with van der Waals surface area (Å²) in [5, 5.41) is 3.17. The first-order chi connectivity index (χ1) is 9.69. The highest BCUT2D eigenvalue weighted by atomic mass is 35.5. The van der Waals surface area contributed by atoms with E-state index in [1.54, 1.807) is 11.3 Å². The number of hydrogen-bond acceptors (Lipinski definition) is 3. The molecule has 0 bridgehead atoms. The number of aryl methyl sites for hydroxylation is 1. The molecule has 0 radical (unpaired) electrons. The number of imidazole rings is 1. The van der Waals surface area contributed by atoms with Crippen LogP contribution in [0.2, 0.25) is 0 Å². The van der Waals surface area contributed by atoms with Crippen molar-refractivity contribution in [2.75, 3.05) is 0 Å². The number of fused-ring (bicyclic) bond motifs is 1. The second kappa shape index (κ2) is 5.54. The lowest BCUT2D eigenvalue weighted by molar-refractivity contribution is 0.592. The van der Waals surface area contributed by atoms with Gasteiger partial charge in [0.2, 0.25) is 0 Å². The number of alkyl halides is 1. The van der Waals surface area contributed by atoms with Crippen molar-refractivity contribution >= 4 is 34.0 Å². The van der Waals surface area contributed by atoms with E-state index in [9.17, 15) is 0 Å². The van der Waals surface area contributed by atoms with Crippen LogP contribution in [0.3, 0.4) is 0 Å². The van der Waals surface area contributed by atoms with Gasteiger partial charge in [-0.05, 0) is 24.6 Å². The van der Waals surface area contributed by atoms with E-state index in [0.29, 0.717) is 11.8 Å². The topological polar surface area (TPSA) is 30.7 Å². The fourth-order valence-electron chi connectivity index (χ4n) is 2.42. The van der Waals surface area contributed by atoms with Crippen LogP contribution in [0.1, 0.15) is 29.2 Å². The van der Waals surface area contributed by atoms with Gasteiger partial charge in [-0.3, -0.25) is 0 Å². The molecule has 0 fully saturated rings. The molecule has 0 aliphatic rings. The van der Waals surface area contributed by atoms with Crippen LogP contribution in [0.15, 0.2) is 29.8 Å². The average molecular weight is 306 g/mol. The number of hydrogen-bond donors (Lipinski definition) is 0. The minimum atomic E-state index is 0.356. The summed E-state index contributed by atoms with van der Waals surface area (Å²) in [6.07, 6.45) is 1.86. The Morgan fingerprint density at radius 2 is 2.25 bits per heavy atom. The second-order valence-electron chi connectivity index (χ2n) is 5.04. The van der Waals surface area contributed by atoms with E-state index in [0.717, 1.165) is 28.4 Å². The molecule has 2 heterocycles. The van der Waals surface area contributed by atoms with Crippen LogP contribution in [0, 0.1) is 6.92 Å². The summed E-state index contributed by atoms with van der Waals surface area (Å²) in [6.45, 7) is 5.15. The number of rotatable bonds is 4. The zero-order valence-electron chi connectivity index (χ0n) is 11.5. The lowest BCUT2D eigenvalue weighted by atomic mass is 10.2. The Hall–Kier alpha value is -1.39. The standard InChI is InChI=1S/C15H16ClN3S/c1-10-3-4-12-13(7-10)19(14(8-16)18-12)9-11(2)15-17-5-6-20-15/h3-7,11H,8-9H2,1-2H3. The van der Waals surface area contributed by atoms with E-state index in [4.69, 9.17) is 11.6 Å². The van der Waals surface area contributed by atoms with Crippen molar-refractivity contribution in [3.05, 3.63) is 46.2 Å². The zero-order valence-corrected chi connectivity index (χ0v) is 13.1. The molecule has 0 amide bonds. The van der Waals surface area contributed by atoms with Crippen LogP contribution < -0.4 is 0 Å². The van der Waals surface area contributed by atoms with E-state index in [1.807, 2.05) is 11.6 Å². The summed E-state index contributed by atoms with van der Waals surface area (Å²) in [6, 6.07) is 6.32. The third-order valence-corrected chi connectivity index (χ3v) is 4.68. The van der Waals surface area contributed by atoms with Crippen LogP contribution in [0.4, 0.5) is 0 Å². The van der Waals surface area contributed by atoms with Gasteiger partial charge in [-0.1, -0.05) is 13.0 Å². The first-order valence-electron chi connectivity index (χ1n) is 6.60. The molecule has 0 saturated carbocycles. The Balaban J connectivity index is 2.03. The van der Waals surface area contributed by atoms with Gasteiger partial charge in [0.15, 0.2) is 0 Å². The molecule has 1 aromatic carbocycles. The van der Waals surface area contributed by atoms with Gasteiger partial charge in [-0.25, -0.2) is 9.97 Å². The summed E-state index contributed by atoms with van der Waals surface area (Å²) < 4.78 is 2.22. The largest absolute Gasteiger partial charge is 0.326 e. The molecule has 5 heteroatoms. The van der Waals surface area contributed by atoms with Gasteiger partial charge in [0.05, 0.1) is 21.9 Å². The summed E-state index contributed by atoms with van der Waals surface area (Å²) in [7, 11) is 0. The molecule has 1 atom stereocenters. The minimum absolute atomic E-state index is 0.356. The van der Waals surface area contributed by atoms with Crippen LogP contribution in [-0.2, 0) is 12.4 Å². The highest BCUT2D eigenvalue weighted by Crippen LogP contribution is 2.25. The number of halogens is 1. The van der Waals surface area contributed by atoms with Gasteiger partial charge in [0.1, 0.15) is 5.82 Å². The normalized spacial score (nSPS) is 12.9. The number of aromatic nitrogens is 3. The molecule has 3 rings (SSSR count). The maximum atomic E-state index is 6.06. The van der Waals surface area contributed by atoms with Crippen molar-refractivity contribution in [2.24, 2.45) is 0 Å². The molecule has 2 aromatic heterocycles. The molecule has 3 nitrogen and oxygen atoms in total. The molecule has 0 aliphatic heterocycles. The van der Waals surface area contributed by atoms with Crippen molar-refractivity contribution in [3.63, 3.8) is 0 Å². The van der Waals surface area contributed by atoms with Crippen molar-refractivity contribution < 1.29 is 0 Å². The first kappa shape index (κ1) is 13.6. The number of nitrogens with zero attached hydrogens (tertiary/aromatic N) is 3. The van der Waals surface area contributed by atoms with Crippen LogP contribution in [-0.4, -0.2) is 14.5 Å². The lowest BCUT2D eigenvalue weighted by Gasteiger charge is -2.13. The van der Waals surface area contributed by atoms with Gasteiger partial charge >= 0.3 is 0 Å². The highest BCUT2D eigenvalue weighted by molar-refractivity contribution is 7.09. The van der Waals surface area contributed by atoms with Crippen molar-refractivity contribution in [2.45, 2.75) is 32.2 Å². The molecule has 0 aliphatic carbocycles. The van der Waals surface area contributed by atoms with Crippen LogP contribution in [0.25, 0.3) is 11.0 Å². The minimum Gasteiger partial charge on any atom is -0.326 e. The molecule has 3 aromatic rings. The van der Waals surface area contributed by atoms with Gasteiger partial charge in [0, 0.05) is 24.0 Å². The maximum Gasteiger partial charge on any atom is 0.124 e. The van der Waals surface area contributed by atoms with E-state index >= 15 is 0 Å². The second-order valence-corrected chi connectivity index (χ2v) is 6.23. The van der Waals surface area contributed by atoms with Gasteiger partial charge < -0.3 is 4.57 Å².